The predicted octanol–water partition coefficient (Wildman–Crippen LogP) is 2.65. The zero-order valence-corrected chi connectivity index (χ0v) is 17.1. The van der Waals surface area contributed by atoms with Gasteiger partial charge in [-0.25, -0.2) is 4.98 Å². The van der Waals surface area contributed by atoms with Crippen LogP contribution in [0.5, 0.6) is 0 Å². The molecular formula is C23H28N4O2. The second-order valence-electron chi connectivity index (χ2n) is 9.12. The Morgan fingerprint density at radius 3 is 2.62 bits per heavy atom. The molecule has 0 bridgehead atoms. The number of aryl methyl sites for hydroxylation is 1. The molecule has 1 saturated carbocycles. The lowest BCUT2D eigenvalue weighted by molar-refractivity contribution is -0.137. The third kappa shape index (κ3) is 3.05. The van der Waals surface area contributed by atoms with Gasteiger partial charge < -0.3 is 14.4 Å². The second-order valence-corrected chi connectivity index (χ2v) is 9.12. The maximum Gasteiger partial charge on any atom is 0.230 e. The molecule has 0 radical (unpaired) electrons. The Hall–Kier alpha value is -2.63. The van der Waals surface area contributed by atoms with Crippen molar-refractivity contribution in [1.82, 2.24) is 19.4 Å². The van der Waals surface area contributed by atoms with Gasteiger partial charge in [0.2, 0.25) is 11.8 Å². The summed E-state index contributed by atoms with van der Waals surface area (Å²) < 4.78 is 2.02. The van der Waals surface area contributed by atoms with E-state index in [-0.39, 0.29) is 17.4 Å². The highest BCUT2D eigenvalue weighted by molar-refractivity contribution is 5.85. The van der Waals surface area contributed by atoms with E-state index in [0.717, 1.165) is 39.0 Å². The maximum absolute atomic E-state index is 13.4. The number of amides is 2. The first-order chi connectivity index (χ1) is 14.0. The number of likely N-dealkylation sites (tertiary alicyclic amines) is 2. The van der Waals surface area contributed by atoms with Crippen LogP contribution in [0.25, 0.3) is 0 Å². The minimum atomic E-state index is -0.252. The summed E-state index contributed by atoms with van der Waals surface area (Å²) in [7, 11) is 0. The van der Waals surface area contributed by atoms with Gasteiger partial charge in [0.25, 0.3) is 0 Å². The largest absolute Gasteiger partial charge is 0.341 e. The smallest absolute Gasteiger partial charge is 0.230 e. The summed E-state index contributed by atoms with van der Waals surface area (Å²) in [6.45, 7) is 6.76. The van der Waals surface area contributed by atoms with E-state index < -0.39 is 0 Å². The molecule has 6 heteroatoms. The number of carbonyl (C=O) groups excluding carboxylic acids is 2. The highest BCUT2D eigenvalue weighted by Gasteiger charge is 2.56. The van der Waals surface area contributed by atoms with Gasteiger partial charge in [-0.05, 0) is 30.9 Å². The predicted molar refractivity (Wildman–Crippen MR) is 109 cm³/mol. The lowest BCUT2D eigenvalue weighted by Crippen LogP contribution is -2.40. The first kappa shape index (κ1) is 18.4. The molecule has 2 amide bonds. The Kier molecular flexibility index (Phi) is 4.26. The number of imidazole rings is 1. The minimum Gasteiger partial charge on any atom is -0.341 e. The van der Waals surface area contributed by atoms with Gasteiger partial charge in [-0.3, -0.25) is 9.59 Å². The molecule has 0 spiro atoms. The average Bonchev–Trinajstić information content (AvgIpc) is 3.03. The van der Waals surface area contributed by atoms with Crippen LogP contribution < -0.4 is 0 Å². The van der Waals surface area contributed by atoms with Crippen LogP contribution in [-0.4, -0.2) is 50.8 Å². The Balaban J connectivity index is 1.37. The van der Waals surface area contributed by atoms with Crippen LogP contribution in [0.4, 0.5) is 0 Å². The van der Waals surface area contributed by atoms with Crippen LogP contribution in [0, 0.1) is 24.2 Å². The minimum absolute atomic E-state index is 0.0697. The molecular weight excluding hydrogens is 364 g/mol. The van der Waals surface area contributed by atoms with E-state index >= 15 is 0 Å². The van der Waals surface area contributed by atoms with Gasteiger partial charge in [-0.2, -0.15) is 0 Å². The summed E-state index contributed by atoms with van der Waals surface area (Å²) in [5, 5.41) is 0. The van der Waals surface area contributed by atoms with E-state index in [2.05, 4.69) is 35.0 Å². The molecule has 0 N–H and O–H groups in total. The lowest BCUT2D eigenvalue weighted by Gasteiger charge is -2.31. The van der Waals surface area contributed by atoms with E-state index in [0.29, 0.717) is 17.7 Å². The summed E-state index contributed by atoms with van der Waals surface area (Å²) in [5.41, 5.74) is 2.19. The molecule has 5 rings (SSSR count). The van der Waals surface area contributed by atoms with Crippen molar-refractivity contribution in [3.05, 3.63) is 54.1 Å². The molecule has 3 aliphatic rings. The van der Waals surface area contributed by atoms with Crippen molar-refractivity contribution in [2.75, 3.05) is 19.6 Å². The quantitative estimate of drug-likeness (QED) is 0.804. The highest BCUT2D eigenvalue weighted by atomic mass is 16.2. The van der Waals surface area contributed by atoms with Gasteiger partial charge in [-0.1, -0.05) is 24.3 Å². The van der Waals surface area contributed by atoms with Crippen molar-refractivity contribution < 1.29 is 9.59 Å². The van der Waals surface area contributed by atoms with Crippen LogP contribution in [-0.2, 0) is 16.1 Å². The standard InChI is InChI=1S/C23H28N4O2/c1-16-5-3-4-6-19(16)21-20-13-26(11-18(20)12-27(21)17(2)28)22(29)23(7-8-23)14-25-10-9-24-15-25/h3-6,9-10,15,18,20-21H,7-8,11-14H2,1-2H3/t18-,20-,21+/m1/s1. The number of hydrogen-bond acceptors (Lipinski definition) is 3. The van der Waals surface area contributed by atoms with Gasteiger partial charge in [-0.15, -0.1) is 0 Å². The summed E-state index contributed by atoms with van der Waals surface area (Å²) in [5.74, 6) is 1.09. The first-order valence-electron chi connectivity index (χ1n) is 10.6. The molecule has 2 aromatic rings. The molecule has 3 atom stereocenters. The van der Waals surface area contributed by atoms with Gasteiger partial charge in [0, 0.05) is 57.3 Å². The number of nitrogens with zero attached hydrogens (tertiary/aromatic N) is 4. The molecule has 1 aromatic heterocycles. The third-order valence-electron chi connectivity index (χ3n) is 7.21. The van der Waals surface area contributed by atoms with Gasteiger partial charge in [0.15, 0.2) is 0 Å². The Morgan fingerprint density at radius 2 is 1.97 bits per heavy atom. The van der Waals surface area contributed by atoms with Crippen LogP contribution >= 0.6 is 0 Å². The van der Waals surface area contributed by atoms with Crippen molar-refractivity contribution in [2.24, 2.45) is 17.3 Å². The topological polar surface area (TPSA) is 58.4 Å². The monoisotopic (exact) mass is 392 g/mol. The molecule has 1 aromatic carbocycles. The number of aromatic nitrogens is 2. The Labute approximate surface area is 171 Å². The number of rotatable bonds is 4. The molecule has 2 saturated heterocycles. The lowest BCUT2D eigenvalue weighted by atomic mass is 9.87. The van der Waals surface area contributed by atoms with Gasteiger partial charge >= 0.3 is 0 Å². The van der Waals surface area contributed by atoms with Crippen LogP contribution in [0.15, 0.2) is 43.0 Å². The van der Waals surface area contributed by atoms with Crippen molar-refractivity contribution >= 4 is 11.8 Å². The fourth-order valence-corrected chi connectivity index (χ4v) is 5.51. The van der Waals surface area contributed by atoms with Crippen LogP contribution in [0.2, 0.25) is 0 Å². The SMILES string of the molecule is CC(=O)N1C[C@H]2CN(C(=O)C3(Cn4ccnc4)CC3)C[C@H]2[C@@H]1c1ccccc1C. The fourth-order valence-electron chi connectivity index (χ4n) is 5.51. The van der Waals surface area contributed by atoms with E-state index in [1.54, 1.807) is 19.4 Å². The van der Waals surface area contributed by atoms with Crippen LogP contribution in [0.3, 0.4) is 0 Å². The van der Waals surface area contributed by atoms with Crippen molar-refractivity contribution in [1.29, 1.82) is 0 Å². The van der Waals surface area contributed by atoms with Crippen molar-refractivity contribution in [3.8, 4) is 0 Å². The molecule has 29 heavy (non-hydrogen) atoms. The van der Waals surface area contributed by atoms with E-state index in [1.807, 2.05) is 21.7 Å². The number of benzene rings is 1. The zero-order chi connectivity index (χ0) is 20.2. The van der Waals surface area contributed by atoms with E-state index in [9.17, 15) is 9.59 Å². The fraction of sp³-hybridized carbons (Fsp3) is 0.522. The van der Waals surface area contributed by atoms with Gasteiger partial charge in [0.05, 0.1) is 17.8 Å². The molecule has 6 nitrogen and oxygen atoms in total. The first-order valence-corrected chi connectivity index (χ1v) is 10.6. The molecule has 1 aliphatic carbocycles. The molecule has 3 heterocycles. The molecule has 3 fully saturated rings. The summed E-state index contributed by atoms with van der Waals surface area (Å²) in [6.07, 6.45) is 7.41. The summed E-state index contributed by atoms with van der Waals surface area (Å²) >= 11 is 0. The average molecular weight is 393 g/mol. The molecule has 152 valence electrons. The highest BCUT2D eigenvalue weighted by Crippen LogP contribution is 2.52. The summed E-state index contributed by atoms with van der Waals surface area (Å²) in [6, 6.07) is 8.42. The maximum atomic E-state index is 13.4. The summed E-state index contributed by atoms with van der Waals surface area (Å²) in [4.78, 5) is 34.0. The van der Waals surface area contributed by atoms with E-state index in [1.165, 1.54) is 11.1 Å². The van der Waals surface area contributed by atoms with Crippen molar-refractivity contribution in [2.45, 2.75) is 39.3 Å². The third-order valence-corrected chi connectivity index (χ3v) is 7.21. The molecule has 2 aliphatic heterocycles. The Morgan fingerprint density at radius 1 is 1.17 bits per heavy atom. The van der Waals surface area contributed by atoms with Crippen molar-refractivity contribution in [3.63, 3.8) is 0 Å². The Bertz CT molecular complexity index is 934. The normalized spacial score (nSPS) is 27.2. The van der Waals surface area contributed by atoms with E-state index in [4.69, 9.17) is 0 Å². The van der Waals surface area contributed by atoms with Crippen LogP contribution in [0.1, 0.15) is 36.9 Å². The number of hydrogen-bond donors (Lipinski definition) is 0. The number of carbonyl (C=O) groups is 2. The second kappa shape index (κ2) is 6.71. The number of fused-ring (bicyclic) bond motifs is 1. The molecule has 0 unspecified atom stereocenters. The zero-order valence-electron chi connectivity index (χ0n) is 17.1. The van der Waals surface area contributed by atoms with Gasteiger partial charge in [0.1, 0.15) is 0 Å².